The standard InChI is InChI=1S/C83H134O5/c1-3-5-7-9-11-13-15-17-19-21-23-25-27-29-31-33-35-37-39-40-41-42-44-46-48-50-52-54-56-58-60-62-64-66-68-70-72-74-76-78-83(86)88-81(79-84)80-87-82(85)77-75-73-71-69-67-65-63-61-59-57-55-53-51-49-47-45-43-38-36-34-32-30-28-26-24-22-20-18-16-14-12-10-8-6-4-2/h5-8,11-14,17-20,23-26,29-32,35-38,40-41,44-47,81,84H,3-4,9-10,15-16,21-22,27-28,33-34,39,42-43,48-80H2,1-2H3/b7-5-,8-6-,13-11-,14-12-,19-17-,20-18-,25-23-,26-24-,31-29-,32-30-,37-35-,38-36-,41-40-,46-44-,47-45-. The molecule has 496 valence electrons. The number of esters is 2. The average molecular weight is 1210 g/mol. The van der Waals surface area contributed by atoms with Gasteiger partial charge in [0.1, 0.15) is 6.61 Å². The van der Waals surface area contributed by atoms with Crippen LogP contribution < -0.4 is 0 Å². The summed E-state index contributed by atoms with van der Waals surface area (Å²) in [6, 6.07) is 0. The molecule has 1 atom stereocenters. The Morgan fingerprint density at radius 1 is 0.261 bits per heavy atom. The Hall–Kier alpha value is -5.00. The number of hydrogen-bond donors (Lipinski definition) is 1. The topological polar surface area (TPSA) is 72.8 Å². The van der Waals surface area contributed by atoms with Crippen molar-refractivity contribution in [3.8, 4) is 0 Å². The molecule has 5 heteroatoms. The maximum atomic E-state index is 12.4. The summed E-state index contributed by atoms with van der Waals surface area (Å²) in [4.78, 5) is 24.7. The monoisotopic (exact) mass is 1210 g/mol. The first kappa shape index (κ1) is 83.0. The molecule has 0 aliphatic carbocycles. The number of ether oxygens (including phenoxy) is 2. The number of rotatable bonds is 65. The molecule has 5 nitrogen and oxygen atoms in total. The lowest BCUT2D eigenvalue weighted by Crippen LogP contribution is -2.28. The van der Waals surface area contributed by atoms with Crippen LogP contribution in [0.15, 0.2) is 182 Å². The van der Waals surface area contributed by atoms with Crippen molar-refractivity contribution in [2.24, 2.45) is 0 Å². The van der Waals surface area contributed by atoms with Gasteiger partial charge in [-0.3, -0.25) is 9.59 Å². The number of unbranched alkanes of at least 4 members (excludes halogenated alkanes) is 27. The molecule has 0 aromatic carbocycles. The van der Waals surface area contributed by atoms with Crippen molar-refractivity contribution in [2.45, 2.75) is 315 Å². The molecule has 0 aromatic rings. The number of aliphatic hydroxyl groups excluding tert-OH is 1. The van der Waals surface area contributed by atoms with Gasteiger partial charge in [-0.2, -0.15) is 0 Å². The van der Waals surface area contributed by atoms with Gasteiger partial charge in [0.25, 0.3) is 0 Å². The van der Waals surface area contributed by atoms with Crippen LogP contribution in [0, 0.1) is 0 Å². The van der Waals surface area contributed by atoms with E-state index in [4.69, 9.17) is 9.47 Å². The Morgan fingerprint density at radius 3 is 0.682 bits per heavy atom. The normalized spacial score (nSPS) is 13.4. The molecular formula is C83H134O5. The molecule has 0 fully saturated rings. The molecule has 1 N–H and O–H groups in total. The van der Waals surface area contributed by atoms with Crippen LogP contribution in [0.5, 0.6) is 0 Å². The molecule has 0 bridgehead atoms. The zero-order valence-electron chi connectivity index (χ0n) is 56.9. The molecule has 0 aromatic heterocycles. The number of carbonyl (C=O) groups is 2. The van der Waals surface area contributed by atoms with Crippen LogP contribution in [0.25, 0.3) is 0 Å². The van der Waals surface area contributed by atoms with E-state index in [-0.39, 0.29) is 25.2 Å². The van der Waals surface area contributed by atoms with Gasteiger partial charge >= 0.3 is 11.9 Å². The third kappa shape index (κ3) is 73.5. The van der Waals surface area contributed by atoms with Gasteiger partial charge in [0, 0.05) is 12.8 Å². The van der Waals surface area contributed by atoms with Crippen LogP contribution in [0.1, 0.15) is 309 Å². The zero-order valence-corrected chi connectivity index (χ0v) is 56.9. The molecule has 0 radical (unpaired) electrons. The van der Waals surface area contributed by atoms with Crippen molar-refractivity contribution in [1.82, 2.24) is 0 Å². The van der Waals surface area contributed by atoms with E-state index in [1.54, 1.807) is 0 Å². The first-order valence-electron chi connectivity index (χ1n) is 36.3. The average Bonchev–Trinajstić information content (AvgIpc) is 3.54. The summed E-state index contributed by atoms with van der Waals surface area (Å²) in [5.74, 6) is -0.594. The smallest absolute Gasteiger partial charge is 0.306 e. The van der Waals surface area contributed by atoms with Gasteiger partial charge in [-0.25, -0.2) is 0 Å². The van der Waals surface area contributed by atoms with Gasteiger partial charge in [0.15, 0.2) is 6.10 Å². The largest absolute Gasteiger partial charge is 0.462 e. The van der Waals surface area contributed by atoms with Crippen LogP contribution in [0.2, 0.25) is 0 Å². The fourth-order valence-corrected chi connectivity index (χ4v) is 9.85. The molecular weight excluding hydrogens is 1080 g/mol. The Kier molecular flexibility index (Phi) is 71.9. The van der Waals surface area contributed by atoms with Crippen LogP contribution in [0.4, 0.5) is 0 Å². The zero-order chi connectivity index (χ0) is 63.3. The van der Waals surface area contributed by atoms with Crippen LogP contribution >= 0.6 is 0 Å². The molecule has 88 heavy (non-hydrogen) atoms. The molecule has 0 spiro atoms. The minimum absolute atomic E-state index is 0.0741. The van der Waals surface area contributed by atoms with Crippen molar-refractivity contribution in [3.63, 3.8) is 0 Å². The predicted molar refractivity (Wildman–Crippen MR) is 389 cm³/mol. The second-order valence-corrected chi connectivity index (χ2v) is 23.6. The third-order valence-electron chi connectivity index (χ3n) is 15.2. The highest BCUT2D eigenvalue weighted by molar-refractivity contribution is 5.70. The summed E-state index contributed by atoms with van der Waals surface area (Å²) in [7, 11) is 0. The molecule has 0 saturated heterocycles. The van der Waals surface area contributed by atoms with Gasteiger partial charge < -0.3 is 14.6 Å². The molecule has 0 aliphatic rings. The third-order valence-corrected chi connectivity index (χ3v) is 15.2. The lowest BCUT2D eigenvalue weighted by molar-refractivity contribution is -0.161. The fraction of sp³-hybridized carbons (Fsp3) is 0.614. The number of carbonyl (C=O) groups excluding carboxylic acids is 2. The minimum atomic E-state index is -0.786. The minimum Gasteiger partial charge on any atom is -0.462 e. The lowest BCUT2D eigenvalue weighted by Gasteiger charge is -2.15. The molecule has 0 heterocycles. The van der Waals surface area contributed by atoms with E-state index >= 15 is 0 Å². The quantitative estimate of drug-likeness (QED) is 0.0373. The second-order valence-electron chi connectivity index (χ2n) is 23.6. The summed E-state index contributed by atoms with van der Waals surface area (Å²) in [6.07, 6.45) is 119. The Labute approximate surface area is 544 Å². The molecule has 0 aliphatic heterocycles. The molecule has 1 unspecified atom stereocenters. The second kappa shape index (κ2) is 76.2. The summed E-state index contributed by atoms with van der Waals surface area (Å²) < 4.78 is 10.8. The van der Waals surface area contributed by atoms with Crippen molar-refractivity contribution in [2.75, 3.05) is 13.2 Å². The van der Waals surface area contributed by atoms with Gasteiger partial charge in [-0.05, 0) is 135 Å². The number of aliphatic hydroxyl groups is 1. The SMILES string of the molecule is CC/C=C\C/C=C\C/C=C\C/C=C\C/C=C\C/C=C\C/C=C\C/C=C\CCCCCCCCCCCCCCCCC(=O)OC(CO)COC(=O)CCCCCCCCCCCCCCC/C=C\C/C=C\C/C=C\C/C=C\C/C=C\C/C=C\C/C=C\CC. The maximum absolute atomic E-state index is 12.4. The summed E-state index contributed by atoms with van der Waals surface area (Å²) in [6.45, 7) is 3.92. The van der Waals surface area contributed by atoms with Gasteiger partial charge in [0.05, 0.1) is 6.61 Å². The Bertz CT molecular complexity index is 1960. The Balaban J connectivity index is 3.53. The molecule has 0 amide bonds. The van der Waals surface area contributed by atoms with E-state index in [1.807, 2.05) is 0 Å². The van der Waals surface area contributed by atoms with Gasteiger partial charge in [-0.15, -0.1) is 0 Å². The van der Waals surface area contributed by atoms with Crippen molar-refractivity contribution < 1.29 is 24.2 Å². The highest BCUT2D eigenvalue weighted by atomic mass is 16.6. The maximum Gasteiger partial charge on any atom is 0.306 e. The van der Waals surface area contributed by atoms with E-state index in [0.717, 1.165) is 135 Å². The number of allylic oxidation sites excluding steroid dienone is 30. The summed E-state index contributed by atoms with van der Waals surface area (Å²) in [5.41, 5.74) is 0. The van der Waals surface area contributed by atoms with Crippen LogP contribution in [-0.4, -0.2) is 36.4 Å². The first-order chi connectivity index (χ1) is 43.6. The van der Waals surface area contributed by atoms with E-state index in [2.05, 4.69) is 196 Å². The van der Waals surface area contributed by atoms with Crippen LogP contribution in [0.3, 0.4) is 0 Å². The summed E-state index contributed by atoms with van der Waals surface area (Å²) in [5, 5.41) is 9.72. The first-order valence-corrected chi connectivity index (χ1v) is 36.3. The fourth-order valence-electron chi connectivity index (χ4n) is 9.85. The van der Waals surface area contributed by atoms with E-state index in [9.17, 15) is 14.7 Å². The van der Waals surface area contributed by atoms with Crippen molar-refractivity contribution in [3.05, 3.63) is 182 Å². The van der Waals surface area contributed by atoms with E-state index in [0.29, 0.717) is 12.8 Å². The summed E-state index contributed by atoms with van der Waals surface area (Å²) >= 11 is 0. The van der Waals surface area contributed by atoms with Crippen molar-refractivity contribution in [1.29, 1.82) is 0 Å². The Morgan fingerprint density at radius 2 is 0.455 bits per heavy atom. The van der Waals surface area contributed by atoms with Crippen LogP contribution in [-0.2, 0) is 19.1 Å². The van der Waals surface area contributed by atoms with Crippen molar-refractivity contribution >= 4 is 11.9 Å². The van der Waals surface area contributed by atoms with Gasteiger partial charge in [-0.1, -0.05) is 344 Å². The molecule has 0 rings (SSSR count). The van der Waals surface area contributed by atoms with Gasteiger partial charge in [0.2, 0.25) is 0 Å². The number of hydrogen-bond acceptors (Lipinski definition) is 5. The molecule has 0 saturated carbocycles. The lowest BCUT2D eigenvalue weighted by atomic mass is 10.0. The predicted octanol–water partition coefficient (Wildman–Crippen LogP) is 25.8. The van der Waals surface area contributed by atoms with E-state index < -0.39 is 6.10 Å². The van der Waals surface area contributed by atoms with E-state index in [1.165, 1.54) is 148 Å². The highest BCUT2D eigenvalue weighted by Crippen LogP contribution is 2.17. The highest BCUT2D eigenvalue weighted by Gasteiger charge is 2.16.